The lowest BCUT2D eigenvalue weighted by Crippen LogP contribution is -2.68. The Morgan fingerprint density at radius 2 is 1.24 bits per heavy atom. The van der Waals surface area contributed by atoms with E-state index in [4.69, 9.17) is 23.7 Å². The lowest BCUT2D eigenvalue weighted by Gasteiger charge is -2.55. The molecule has 2 unspecified atom stereocenters. The predicted molar refractivity (Wildman–Crippen MR) is 177 cm³/mol. The molecule has 0 saturated heterocycles. The molecule has 12 nitrogen and oxygen atoms in total. The number of hydrogen-bond acceptors (Lipinski definition) is 12. The largest absolute Gasteiger partial charge is 0.511 e. The Hall–Kier alpha value is -5.75. The Morgan fingerprint density at radius 3 is 1.78 bits per heavy atom. The van der Waals surface area contributed by atoms with Crippen molar-refractivity contribution in [3.05, 3.63) is 113 Å². The zero-order chi connectivity index (χ0) is 36.2. The van der Waals surface area contributed by atoms with E-state index in [1.807, 2.05) is 36.4 Å². The van der Waals surface area contributed by atoms with Gasteiger partial charge in [0, 0.05) is 11.8 Å². The summed E-state index contributed by atoms with van der Waals surface area (Å²) in [6, 6.07) is 24.4. The highest BCUT2D eigenvalue weighted by molar-refractivity contribution is 6.22. The number of methoxy groups -OCH3 is 4. The maximum absolute atomic E-state index is 13.6. The smallest absolute Gasteiger partial charge is 0.344 e. The van der Waals surface area contributed by atoms with E-state index in [0.29, 0.717) is 16.7 Å². The van der Waals surface area contributed by atoms with Gasteiger partial charge in [-0.25, -0.2) is 9.59 Å². The van der Waals surface area contributed by atoms with Crippen molar-refractivity contribution < 1.29 is 57.9 Å². The van der Waals surface area contributed by atoms with Crippen LogP contribution in [0.5, 0.6) is 5.75 Å². The van der Waals surface area contributed by atoms with Crippen molar-refractivity contribution in [2.24, 2.45) is 23.7 Å². The molecule has 50 heavy (non-hydrogen) atoms. The maximum atomic E-state index is 13.6. The SMILES string of the molecule is COC(=O)C1=C(O)C(C(=O)OC)[C@@]2(O)[C@@H](C(=O)OC)C(c3ccc(OC(=O)C(=Cc4ccccc4)c4ccccc4)cc3)C[C@@H]1[C@@H]2C(=O)OC. The van der Waals surface area contributed by atoms with Gasteiger partial charge in [-0.05, 0) is 41.3 Å². The van der Waals surface area contributed by atoms with Gasteiger partial charge >= 0.3 is 29.8 Å². The second-order valence-electron chi connectivity index (χ2n) is 11.9. The van der Waals surface area contributed by atoms with E-state index in [9.17, 15) is 34.2 Å². The highest BCUT2D eigenvalue weighted by Gasteiger charge is 2.71. The van der Waals surface area contributed by atoms with Crippen LogP contribution < -0.4 is 4.74 Å². The van der Waals surface area contributed by atoms with E-state index in [1.165, 1.54) is 12.1 Å². The van der Waals surface area contributed by atoms with Crippen LogP contribution in [0.1, 0.15) is 29.0 Å². The molecule has 5 rings (SSSR count). The lowest BCUT2D eigenvalue weighted by molar-refractivity contribution is -0.208. The molecule has 1 saturated carbocycles. The standard InChI is InChI=1S/C38H36O12/c1-46-34(41)28-27-20-25(29(35(42)47-2)38(45,30(27)36(43)48-3)31(32(28)39)37(44)49-4)23-15-17-24(18-16-23)50-33(40)26(22-13-9-6-10-14-22)19-21-11-7-5-8-12-21/h5-19,25,27,29-31,39,45H,20H2,1-4H3/t25?,27-,29+,30+,31?,38+/m0/s1. The van der Waals surface area contributed by atoms with Gasteiger partial charge in [0.05, 0.1) is 51.4 Å². The van der Waals surface area contributed by atoms with Crippen molar-refractivity contribution in [2.75, 3.05) is 28.4 Å². The molecule has 0 aliphatic heterocycles. The minimum absolute atomic E-state index is 0.158. The Labute approximate surface area is 287 Å². The molecule has 3 aromatic carbocycles. The molecule has 0 aromatic heterocycles. The average molecular weight is 685 g/mol. The molecule has 2 bridgehead atoms. The minimum Gasteiger partial charge on any atom is -0.511 e. The third-order valence-electron chi connectivity index (χ3n) is 9.38. The van der Waals surface area contributed by atoms with Crippen molar-refractivity contribution in [1.29, 1.82) is 0 Å². The van der Waals surface area contributed by atoms with Gasteiger partial charge in [0.2, 0.25) is 0 Å². The molecule has 0 amide bonds. The fourth-order valence-corrected chi connectivity index (χ4v) is 7.20. The molecule has 1 fully saturated rings. The third kappa shape index (κ3) is 6.37. The lowest BCUT2D eigenvalue weighted by atomic mass is 9.49. The Bertz CT molecular complexity index is 1830. The van der Waals surface area contributed by atoms with Gasteiger partial charge in [-0.15, -0.1) is 0 Å². The molecular weight excluding hydrogens is 648 g/mol. The van der Waals surface area contributed by atoms with Crippen LogP contribution in [0.2, 0.25) is 0 Å². The summed E-state index contributed by atoms with van der Waals surface area (Å²) in [6.07, 6.45) is 1.55. The van der Waals surface area contributed by atoms with Crippen molar-refractivity contribution in [3.63, 3.8) is 0 Å². The summed E-state index contributed by atoms with van der Waals surface area (Å²) in [5.41, 5.74) is -0.974. The molecule has 0 radical (unpaired) electrons. The van der Waals surface area contributed by atoms with Crippen LogP contribution in [0, 0.1) is 23.7 Å². The van der Waals surface area contributed by atoms with Crippen LogP contribution in [0.4, 0.5) is 0 Å². The topological polar surface area (TPSA) is 172 Å². The summed E-state index contributed by atoms with van der Waals surface area (Å²) >= 11 is 0. The van der Waals surface area contributed by atoms with E-state index < -0.39 is 76.4 Å². The zero-order valence-electron chi connectivity index (χ0n) is 27.7. The number of rotatable bonds is 9. The van der Waals surface area contributed by atoms with E-state index >= 15 is 0 Å². The Kier molecular flexibility index (Phi) is 10.5. The van der Waals surface area contributed by atoms with Crippen LogP contribution >= 0.6 is 0 Å². The number of aliphatic hydroxyl groups is 2. The van der Waals surface area contributed by atoms with Gasteiger partial charge in [0.25, 0.3) is 0 Å². The van der Waals surface area contributed by atoms with Gasteiger partial charge in [-0.1, -0.05) is 72.8 Å². The van der Waals surface area contributed by atoms with Gasteiger partial charge in [0.15, 0.2) is 0 Å². The number of aliphatic hydroxyl groups excluding tert-OH is 1. The highest BCUT2D eigenvalue weighted by Crippen LogP contribution is 2.60. The molecule has 2 aliphatic carbocycles. The van der Waals surface area contributed by atoms with E-state index in [0.717, 1.165) is 34.0 Å². The molecular formula is C38H36O12. The molecule has 3 aromatic rings. The number of hydrogen-bond donors (Lipinski definition) is 2. The quantitative estimate of drug-likeness (QED) is 0.109. The first kappa shape index (κ1) is 35.6. The van der Waals surface area contributed by atoms with Crippen LogP contribution in [0.3, 0.4) is 0 Å². The van der Waals surface area contributed by atoms with Crippen molar-refractivity contribution in [1.82, 2.24) is 0 Å². The van der Waals surface area contributed by atoms with Crippen LogP contribution in [-0.2, 0) is 42.9 Å². The number of carbonyl (C=O) groups excluding carboxylic acids is 5. The number of benzene rings is 3. The molecule has 2 aliphatic rings. The molecule has 2 N–H and O–H groups in total. The third-order valence-corrected chi connectivity index (χ3v) is 9.38. The Morgan fingerprint density at radius 1 is 0.700 bits per heavy atom. The fraction of sp³-hybridized carbons (Fsp3) is 0.289. The first-order valence-electron chi connectivity index (χ1n) is 15.6. The summed E-state index contributed by atoms with van der Waals surface area (Å²) in [7, 11) is 4.16. The highest BCUT2D eigenvalue weighted by atomic mass is 16.5. The number of esters is 5. The van der Waals surface area contributed by atoms with Gasteiger partial charge in [-0.3, -0.25) is 14.4 Å². The fourth-order valence-electron chi connectivity index (χ4n) is 7.20. The number of carbonyl (C=O) groups is 5. The second-order valence-corrected chi connectivity index (χ2v) is 11.9. The maximum Gasteiger partial charge on any atom is 0.344 e. The van der Waals surface area contributed by atoms with Crippen molar-refractivity contribution >= 4 is 41.5 Å². The first-order chi connectivity index (χ1) is 24.0. The molecule has 12 heteroatoms. The summed E-state index contributed by atoms with van der Waals surface area (Å²) in [5, 5.41) is 23.8. The van der Waals surface area contributed by atoms with Gasteiger partial charge < -0.3 is 33.9 Å². The minimum atomic E-state index is -2.68. The van der Waals surface area contributed by atoms with Gasteiger partial charge in [-0.2, -0.15) is 0 Å². The zero-order valence-corrected chi connectivity index (χ0v) is 27.7. The van der Waals surface area contributed by atoms with Gasteiger partial charge in [0.1, 0.15) is 23.0 Å². The molecule has 6 atom stereocenters. The average Bonchev–Trinajstić information content (AvgIpc) is 3.13. The Balaban J connectivity index is 1.57. The molecule has 0 spiro atoms. The summed E-state index contributed by atoms with van der Waals surface area (Å²) in [4.78, 5) is 66.7. The first-order valence-corrected chi connectivity index (χ1v) is 15.6. The van der Waals surface area contributed by atoms with Crippen LogP contribution in [-0.4, -0.2) is 74.1 Å². The second kappa shape index (κ2) is 14.8. The summed E-state index contributed by atoms with van der Waals surface area (Å²) in [5.74, 6) is -13.3. The molecule has 0 heterocycles. The van der Waals surface area contributed by atoms with Crippen LogP contribution in [0.25, 0.3) is 11.6 Å². The molecule has 260 valence electrons. The van der Waals surface area contributed by atoms with Crippen molar-refractivity contribution in [3.8, 4) is 5.75 Å². The van der Waals surface area contributed by atoms with Crippen molar-refractivity contribution in [2.45, 2.75) is 17.9 Å². The van der Waals surface area contributed by atoms with E-state index in [1.54, 1.807) is 42.5 Å². The number of fused-ring (bicyclic) bond motifs is 2. The summed E-state index contributed by atoms with van der Waals surface area (Å²) < 4.78 is 25.6. The van der Waals surface area contributed by atoms with Crippen LogP contribution in [0.15, 0.2) is 96.3 Å². The van der Waals surface area contributed by atoms with E-state index in [-0.39, 0.29) is 12.2 Å². The van der Waals surface area contributed by atoms with E-state index in [2.05, 4.69) is 0 Å². The normalized spacial score (nSPS) is 24.4. The summed E-state index contributed by atoms with van der Waals surface area (Å²) in [6.45, 7) is 0. The monoisotopic (exact) mass is 684 g/mol. The number of ether oxygens (including phenoxy) is 5. The predicted octanol–water partition coefficient (Wildman–Crippen LogP) is 4.03.